The van der Waals surface area contributed by atoms with Crippen LogP contribution in [0.1, 0.15) is 48.0 Å². The van der Waals surface area contributed by atoms with Crippen molar-refractivity contribution >= 4 is 6.09 Å². The minimum atomic E-state index is -0.445. The van der Waals surface area contributed by atoms with Crippen LogP contribution < -0.4 is 0 Å². The Morgan fingerprint density at radius 2 is 2.00 bits per heavy atom. The van der Waals surface area contributed by atoms with Gasteiger partial charge in [-0.15, -0.1) is 0 Å². The molecule has 0 bridgehead atoms. The first-order valence-corrected chi connectivity index (χ1v) is 6.87. The largest absolute Gasteiger partial charge is 0.444 e. The smallest absolute Gasteiger partial charge is 0.410 e. The molecule has 1 unspecified atom stereocenters. The molecule has 1 aliphatic heterocycles. The van der Waals surface area contributed by atoms with Gasteiger partial charge in [0.05, 0.1) is 18.8 Å². The second kappa shape index (κ2) is 5.95. The number of rotatable bonds is 3. The van der Waals surface area contributed by atoms with Crippen LogP contribution in [-0.4, -0.2) is 41.9 Å². The highest BCUT2D eigenvalue weighted by atomic mass is 16.6. The summed E-state index contributed by atoms with van der Waals surface area (Å²) in [5, 5.41) is 0. The first kappa shape index (κ1) is 16.0. The van der Waals surface area contributed by atoms with Crippen LogP contribution in [0.15, 0.2) is 11.6 Å². The molecule has 1 heterocycles. The molecule has 0 aromatic heterocycles. The Kier molecular flexibility index (Phi) is 5.02. The highest BCUT2D eigenvalue weighted by molar-refractivity contribution is 5.68. The number of amides is 1. The molecule has 4 nitrogen and oxygen atoms in total. The minimum absolute atomic E-state index is 0.248. The summed E-state index contributed by atoms with van der Waals surface area (Å²) in [6.07, 6.45) is 2.66. The molecule has 1 amide bonds. The third-order valence-electron chi connectivity index (χ3n) is 3.01. The highest BCUT2D eigenvalue weighted by Gasteiger charge is 2.38. The van der Waals surface area contributed by atoms with E-state index in [1.165, 1.54) is 5.57 Å². The van der Waals surface area contributed by atoms with Gasteiger partial charge in [-0.3, -0.25) is 0 Å². The summed E-state index contributed by atoms with van der Waals surface area (Å²) in [5.41, 5.74) is 0.535. The molecule has 1 rings (SSSR count). The molecule has 0 aliphatic carbocycles. The van der Waals surface area contributed by atoms with Gasteiger partial charge in [0.15, 0.2) is 0 Å². The summed E-state index contributed by atoms with van der Waals surface area (Å²) in [6, 6.07) is 0. The Morgan fingerprint density at radius 1 is 1.37 bits per heavy atom. The number of allylic oxidation sites excluding steroid dienone is 1. The lowest BCUT2D eigenvalue weighted by Gasteiger charge is -2.27. The van der Waals surface area contributed by atoms with Crippen molar-refractivity contribution in [2.45, 2.75) is 59.2 Å². The number of hydrogen-bond acceptors (Lipinski definition) is 3. The van der Waals surface area contributed by atoms with Crippen LogP contribution in [0, 0.1) is 0 Å². The van der Waals surface area contributed by atoms with E-state index in [0.29, 0.717) is 19.7 Å². The number of carbonyl (C=O) groups is 1. The van der Waals surface area contributed by atoms with Crippen molar-refractivity contribution in [2.75, 3.05) is 19.7 Å². The Morgan fingerprint density at radius 3 is 2.53 bits per heavy atom. The molecule has 1 aliphatic rings. The fourth-order valence-electron chi connectivity index (χ4n) is 1.94. The maximum atomic E-state index is 12.0. The lowest BCUT2D eigenvalue weighted by molar-refractivity contribution is -0.0140. The molecule has 0 N–H and O–H groups in total. The van der Waals surface area contributed by atoms with E-state index in [1.54, 1.807) is 4.90 Å². The molecular weight excluding hydrogens is 242 g/mol. The Labute approximate surface area is 116 Å². The van der Waals surface area contributed by atoms with Crippen molar-refractivity contribution in [1.82, 2.24) is 4.90 Å². The Bertz CT molecular complexity index is 353. The predicted molar refractivity (Wildman–Crippen MR) is 76.2 cm³/mol. The molecule has 1 fully saturated rings. The van der Waals surface area contributed by atoms with Gasteiger partial charge in [0.25, 0.3) is 0 Å². The summed E-state index contributed by atoms with van der Waals surface area (Å²) in [7, 11) is 0. The summed E-state index contributed by atoms with van der Waals surface area (Å²) in [4.78, 5) is 13.7. The molecule has 19 heavy (non-hydrogen) atoms. The van der Waals surface area contributed by atoms with Crippen LogP contribution in [0.25, 0.3) is 0 Å². The molecular formula is C15H27NO3. The van der Waals surface area contributed by atoms with Gasteiger partial charge in [-0.25, -0.2) is 4.79 Å². The van der Waals surface area contributed by atoms with Crippen LogP contribution in [0.4, 0.5) is 4.79 Å². The van der Waals surface area contributed by atoms with Crippen LogP contribution in [0.3, 0.4) is 0 Å². The zero-order valence-electron chi connectivity index (χ0n) is 13.1. The lowest BCUT2D eigenvalue weighted by Crippen LogP contribution is -2.39. The van der Waals surface area contributed by atoms with Crippen molar-refractivity contribution in [3.05, 3.63) is 11.6 Å². The highest BCUT2D eigenvalue weighted by Crippen LogP contribution is 2.26. The summed E-state index contributed by atoms with van der Waals surface area (Å²) >= 11 is 0. The van der Waals surface area contributed by atoms with Crippen molar-refractivity contribution in [1.29, 1.82) is 0 Å². The van der Waals surface area contributed by atoms with Crippen LogP contribution in [0.2, 0.25) is 0 Å². The normalized spacial score (nSPS) is 23.4. The number of likely N-dealkylation sites (tertiary alicyclic amines) is 1. The van der Waals surface area contributed by atoms with E-state index in [1.807, 2.05) is 34.6 Å². The lowest BCUT2D eigenvalue weighted by atomic mass is 10.1. The second-order valence-electron chi connectivity index (χ2n) is 6.69. The SMILES string of the molecule is CC(C)=CCOC1(C)CCN(C(=O)OC(C)(C)C)C1. The van der Waals surface area contributed by atoms with E-state index < -0.39 is 5.60 Å². The molecule has 4 heteroatoms. The number of hydrogen-bond donors (Lipinski definition) is 0. The summed E-state index contributed by atoms with van der Waals surface area (Å²) in [6.45, 7) is 13.7. The predicted octanol–water partition coefficient (Wildman–Crippen LogP) is 3.37. The van der Waals surface area contributed by atoms with Gasteiger partial charge in [-0.05, 0) is 48.0 Å². The molecule has 0 spiro atoms. The van der Waals surface area contributed by atoms with Crippen LogP contribution in [0.5, 0.6) is 0 Å². The average molecular weight is 269 g/mol. The minimum Gasteiger partial charge on any atom is -0.444 e. The van der Waals surface area contributed by atoms with Gasteiger partial charge in [0.1, 0.15) is 5.60 Å². The molecule has 0 aromatic carbocycles. The standard InChI is InChI=1S/C15H27NO3/c1-12(2)7-10-18-15(6)8-9-16(11-15)13(17)19-14(3,4)5/h7H,8-11H2,1-6H3. The molecule has 0 radical (unpaired) electrons. The van der Waals surface area contributed by atoms with Crippen molar-refractivity contribution < 1.29 is 14.3 Å². The van der Waals surface area contributed by atoms with Gasteiger partial charge in [0.2, 0.25) is 0 Å². The van der Waals surface area contributed by atoms with Crippen molar-refractivity contribution in [3.8, 4) is 0 Å². The number of carbonyl (C=O) groups excluding carboxylic acids is 1. The molecule has 110 valence electrons. The van der Waals surface area contributed by atoms with Crippen molar-refractivity contribution in [3.63, 3.8) is 0 Å². The average Bonchev–Trinajstić information content (AvgIpc) is 2.58. The first-order chi connectivity index (χ1) is 8.61. The molecule has 0 aromatic rings. The van der Waals surface area contributed by atoms with Crippen LogP contribution >= 0.6 is 0 Å². The monoisotopic (exact) mass is 269 g/mol. The topological polar surface area (TPSA) is 38.8 Å². The van der Waals surface area contributed by atoms with E-state index in [-0.39, 0.29) is 11.7 Å². The van der Waals surface area contributed by atoms with Gasteiger partial charge in [-0.1, -0.05) is 11.6 Å². The van der Waals surface area contributed by atoms with E-state index in [0.717, 1.165) is 6.42 Å². The van der Waals surface area contributed by atoms with Gasteiger partial charge in [0, 0.05) is 6.54 Å². The summed E-state index contributed by atoms with van der Waals surface area (Å²) < 4.78 is 11.3. The van der Waals surface area contributed by atoms with E-state index in [2.05, 4.69) is 13.0 Å². The summed E-state index contributed by atoms with van der Waals surface area (Å²) in [5.74, 6) is 0. The fourth-order valence-corrected chi connectivity index (χ4v) is 1.94. The maximum Gasteiger partial charge on any atom is 0.410 e. The zero-order chi connectivity index (χ0) is 14.7. The number of nitrogens with zero attached hydrogens (tertiary/aromatic N) is 1. The second-order valence-corrected chi connectivity index (χ2v) is 6.69. The quantitative estimate of drug-likeness (QED) is 0.737. The van der Waals surface area contributed by atoms with E-state index in [4.69, 9.17) is 9.47 Å². The third-order valence-corrected chi connectivity index (χ3v) is 3.01. The first-order valence-electron chi connectivity index (χ1n) is 6.87. The van der Waals surface area contributed by atoms with Gasteiger partial charge in [-0.2, -0.15) is 0 Å². The van der Waals surface area contributed by atoms with Gasteiger partial charge >= 0.3 is 6.09 Å². The van der Waals surface area contributed by atoms with Crippen LogP contribution in [-0.2, 0) is 9.47 Å². The zero-order valence-corrected chi connectivity index (χ0v) is 13.1. The fraction of sp³-hybridized carbons (Fsp3) is 0.800. The maximum absolute atomic E-state index is 12.0. The van der Waals surface area contributed by atoms with E-state index >= 15 is 0 Å². The molecule has 1 atom stereocenters. The van der Waals surface area contributed by atoms with Gasteiger partial charge < -0.3 is 14.4 Å². The Balaban J connectivity index is 2.48. The van der Waals surface area contributed by atoms with E-state index in [9.17, 15) is 4.79 Å². The Hall–Kier alpha value is -1.03. The third kappa shape index (κ3) is 5.64. The van der Waals surface area contributed by atoms with Crippen molar-refractivity contribution in [2.24, 2.45) is 0 Å². The molecule has 0 saturated carbocycles. The number of ether oxygens (including phenoxy) is 2. The molecule has 1 saturated heterocycles.